The van der Waals surface area contributed by atoms with E-state index in [9.17, 15) is 4.79 Å². The lowest BCUT2D eigenvalue weighted by atomic mass is 9.91. The van der Waals surface area contributed by atoms with Gasteiger partial charge < -0.3 is 10.5 Å². The molecule has 5 nitrogen and oxygen atoms in total. The minimum Gasteiger partial charge on any atom is -0.449 e. The first-order chi connectivity index (χ1) is 11.2. The lowest BCUT2D eigenvalue weighted by molar-refractivity contribution is 0.158. The number of fused-ring (bicyclic) bond motifs is 1. The Hall–Kier alpha value is -2.69. The molecule has 0 spiro atoms. The number of pyridine rings is 1. The number of nitrogens with zero attached hydrogens (tertiary/aromatic N) is 2. The van der Waals surface area contributed by atoms with Crippen molar-refractivity contribution < 1.29 is 9.53 Å². The first-order valence-electron chi connectivity index (χ1n) is 7.74. The monoisotopic (exact) mass is 309 g/mol. The van der Waals surface area contributed by atoms with Gasteiger partial charge in [-0.25, -0.2) is 4.79 Å². The zero-order valence-corrected chi connectivity index (χ0v) is 12.9. The van der Waals surface area contributed by atoms with E-state index in [-0.39, 0.29) is 0 Å². The van der Waals surface area contributed by atoms with Gasteiger partial charge >= 0.3 is 6.09 Å². The van der Waals surface area contributed by atoms with Crippen molar-refractivity contribution in [3.63, 3.8) is 0 Å². The van der Waals surface area contributed by atoms with Crippen molar-refractivity contribution in [3.8, 4) is 0 Å². The van der Waals surface area contributed by atoms with Gasteiger partial charge in [0.05, 0.1) is 12.3 Å². The molecule has 1 aliphatic rings. The molecule has 0 saturated carbocycles. The number of aromatic nitrogens is 1. The fourth-order valence-corrected chi connectivity index (χ4v) is 2.77. The van der Waals surface area contributed by atoms with Crippen molar-refractivity contribution in [1.82, 2.24) is 4.98 Å². The Morgan fingerprint density at radius 3 is 2.83 bits per heavy atom. The van der Waals surface area contributed by atoms with Crippen LogP contribution < -0.4 is 5.73 Å². The Labute approximate surface area is 135 Å². The van der Waals surface area contributed by atoms with Crippen LogP contribution in [0.15, 0.2) is 47.7 Å². The average Bonchev–Trinajstić information content (AvgIpc) is 2.56. The van der Waals surface area contributed by atoms with Crippen LogP contribution in [-0.4, -0.2) is 23.4 Å². The van der Waals surface area contributed by atoms with Crippen molar-refractivity contribution in [2.45, 2.75) is 25.7 Å². The highest BCUT2D eigenvalue weighted by Gasteiger charge is 2.15. The van der Waals surface area contributed by atoms with E-state index in [2.05, 4.69) is 4.98 Å². The Morgan fingerprint density at radius 2 is 2.04 bits per heavy atom. The van der Waals surface area contributed by atoms with Crippen molar-refractivity contribution >= 4 is 17.5 Å². The first-order valence-corrected chi connectivity index (χ1v) is 7.74. The third-order valence-corrected chi connectivity index (χ3v) is 3.91. The molecule has 3 rings (SSSR count). The summed E-state index contributed by atoms with van der Waals surface area (Å²) in [7, 11) is 0. The molecule has 0 radical (unpaired) electrons. The average molecular weight is 309 g/mol. The van der Waals surface area contributed by atoms with E-state index in [4.69, 9.17) is 15.5 Å². The van der Waals surface area contributed by atoms with Crippen LogP contribution >= 0.6 is 0 Å². The van der Waals surface area contributed by atoms with Crippen molar-refractivity contribution in [1.29, 1.82) is 0 Å². The molecule has 1 heterocycles. The molecule has 1 amide bonds. The number of benzene rings is 1. The Balaban J connectivity index is 1.72. The third-order valence-electron chi connectivity index (χ3n) is 3.91. The second kappa shape index (κ2) is 7.05. The van der Waals surface area contributed by atoms with E-state index >= 15 is 0 Å². The molecular weight excluding hydrogens is 290 g/mol. The fourth-order valence-electron chi connectivity index (χ4n) is 2.77. The standard InChI is InChI=1S/C18H19N3O2/c19-18(22)23-11-9-13-4-6-15(7-5-13)21-17-3-1-2-14-12-20-10-8-16(14)17/h4-8,10,12H,1-3,9,11H2,(H2,19,22). The van der Waals surface area contributed by atoms with E-state index < -0.39 is 6.09 Å². The molecule has 1 aliphatic carbocycles. The van der Waals surface area contributed by atoms with E-state index in [1.165, 1.54) is 11.1 Å². The van der Waals surface area contributed by atoms with Gasteiger partial charge in [0.15, 0.2) is 0 Å². The van der Waals surface area contributed by atoms with Crippen LogP contribution in [0.5, 0.6) is 0 Å². The van der Waals surface area contributed by atoms with Crippen molar-refractivity contribution in [2.24, 2.45) is 10.7 Å². The molecule has 0 saturated heterocycles. The summed E-state index contributed by atoms with van der Waals surface area (Å²) in [4.78, 5) is 19.5. The van der Waals surface area contributed by atoms with Crippen LogP contribution in [0.4, 0.5) is 10.5 Å². The SMILES string of the molecule is NC(=O)OCCc1ccc(N=C2CCCc3cnccc32)cc1. The summed E-state index contributed by atoms with van der Waals surface area (Å²) in [6, 6.07) is 10.0. The number of hydrogen-bond donors (Lipinski definition) is 1. The molecule has 1 aromatic carbocycles. The summed E-state index contributed by atoms with van der Waals surface area (Å²) in [5, 5.41) is 0. The van der Waals surface area contributed by atoms with E-state index in [0.717, 1.165) is 36.2 Å². The maximum atomic E-state index is 10.5. The summed E-state index contributed by atoms with van der Waals surface area (Å²) in [6.45, 7) is 0.295. The maximum absolute atomic E-state index is 10.5. The van der Waals surface area contributed by atoms with Crippen LogP contribution in [0.1, 0.15) is 29.5 Å². The molecule has 0 aliphatic heterocycles. The molecule has 1 aromatic heterocycles. The second-order valence-electron chi connectivity index (χ2n) is 5.53. The van der Waals surface area contributed by atoms with E-state index in [0.29, 0.717) is 13.0 Å². The zero-order chi connectivity index (χ0) is 16.1. The second-order valence-corrected chi connectivity index (χ2v) is 5.53. The molecule has 0 fully saturated rings. The normalized spacial score (nSPS) is 15.2. The summed E-state index contributed by atoms with van der Waals surface area (Å²) < 4.78 is 4.74. The number of rotatable bonds is 4. The number of amides is 1. The molecular formula is C18H19N3O2. The Morgan fingerprint density at radius 1 is 1.22 bits per heavy atom. The molecule has 0 atom stereocenters. The van der Waals surface area contributed by atoms with Gasteiger partial charge in [0, 0.05) is 30.1 Å². The number of primary amides is 1. The quantitative estimate of drug-likeness (QED) is 0.942. The topological polar surface area (TPSA) is 77.6 Å². The van der Waals surface area contributed by atoms with Crippen LogP contribution in [0.25, 0.3) is 0 Å². The predicted molar refractivity (Wildman–Crippen MR) is 89.1 cm³/mol. The predicted octanol–water partition coefficient (Wildman–Crippen LogP) is 3.18. The highest BCUT2D eigenvalue weighted by molar-refractivity contribution is 6.03. The van der Waals surface area contributed by atoms with Gasteiger partial charge in [0.1, 0.15) is 0 Å². The number of ether oxygens (including phenoxy) is 1. The Kier molecular flexibility index (Phi) is 4.66. The largest absolute Gasteiger partial charge is 0.449 e. The number of hydrogen-bond acceptors (Lipinski definition) is 4. The number of carbonyl (C=O) groups is 1. The number of aryl methyl sites for hydroxylation is 1. The molecule has 5 heteroatoms. The minimum atomic E-state index is -0.738. The highest BCUT2D eigenvalue weighted by atomic mass is 16.5. The molecule has 2 aromatic rings. The van der Waals surface area contributed by atoms with Gasteiger partial charge in [-0.15, -0.1) is 0 Å². The van der Waals surface area contributed by atoms with Gasteiger partial charge in [-0.2, -0.15) is 0 Å². The van der Waals surface area contributed by atoms with Crippen molar-refractivity contribution in [3.05, 3.63) is 59.4 Å². The summed E-state index contributed by atoms with van der Waals surface area (Å²) in [6.07, 6.45) is 6.84. The zero-order valence-electron chi connectivity index (χ0n) is 12.9. The van der Waals surface area contributed by atoms with Crippen LogP contribution in [0.2, 0.25) is 0 Å². The fraction of sp³-hybridized carbons (Fsp3) is 0.278. The van der Waals surface area contributed by atoms with Crippen LogP contribution in [0, 0.1) is 0 Å². The van der Waals surface area contributed by atoms with Crippen LogP contribution in [0.3, 0.4) is 0 Å². The molecule has 23 heavy (non-hydrogen) atoms. The molecule has 2 N–H and O–H groups in total. The molecule has 0 bridgehead atoms. The van der Waals surface area contributed by atoms with Crippen LogP contribution in [-0.2, 0) is 17.6 Å². The third kappa shape index (κ3) is 3.94. The highest BCUT2D eigenvalue weighted by Crippen LogP contribution is 2.24. The van der Waals surface area contributed by atoms with Gasteiger partial charge in [-0.1, -0.05) is 12.1 Å². The molecule has 118 valence electrons. The van der Waals surface area contributed by atoms with Gasteiger partial charge in [0.2, 0.25) is 0 Å². The first kappa shape index (κ1) is 15.2. The lowest BCUT2D eigenvalue weighted by Gasteiger charge is -2.17. The maximum Gasteiger partial charge on any atom is 0.404 e. The minimum absolute atomic E-state index is 0.295. The summed E-state index contributed by atoms with van der Waals surface area (Å²) in [5.41, 5.74) is 10.6. The summed E-state index contributed by atoms with van der Waals surface area (Å²) >= 11 is 0. The Bertz CT molecular complexity index is 723. The number of aliphatic imine (C=N–C) groups is 1. The van der Waals surface area contributed by atoms with Gasteiger partial charge in [0.25, 0.3) is 0 Å². The van der Waals surface area contributed by atoms with Crippen molar-refractivity contribution in [2.75, 3.05) is 6.61 Å². The number of nitrogens with two attached hydrogens (primary N) is 1. The molecule has 0 unspecified atom stereocenters. The van der Waals surface area contributed by atoms with Gasteiger partial charge in [-0.3, -0.25) is 9.98 Å². The lowest BCUT2D eigenvalue weighted by Crippen LogP contribution is -2.14. The summed E-state index contributed by atoms with van der Waals surface area (Å²) in [5.74, 6) is 0. The smallest absolute Gasteiger partial charge is 0.404 e. The van der Waals surface area contributed by atoms with E-state index in [1.807, 2.05) is 42.7 Å². The van der Waals surface area contributed by atoms with Gasteiger partial charge in [-0.05, 0) is 48.6 Å². The number of carbonyl (C=O) groups excluding carboxylic acids is 1. The van der Waals surface area contributed by atoms with E-state index in [1.54, 1.807) is 0 Å².